The Morgan fingerprint density at radius 2 is 1.46 bits per heavy atom. The number of aromatic carboxylic acids is 1. The van der Waals surface area contributed by atoms with Gasteiger partial charge in [0.15, 0.2) is 0 Å². The summed E-state index contributed by atoms with van der Waals surface area (Å²) in [6, 6.07) is 22.3. The average molecular weight is 432 g/mol. The molecular weight excluding hydrogens is 418 g/mol. The Morgan fingerprint density at radius 3 is 2.14 bits per heavy atom. The molecule has 0 spiro atoms. The van der Waals surface area contributed by atoms with E-state index in [-0.39, 0.29) is 5.69 Å². The first kappa shape index (κ1) is 18.0. The van der Waals surface area contributed by atoms with Crippen molar-refractivity contribution in [3.8, 4) is 33.9 Å². The van der Waals surface area contributed by atoms with Gasteiger partial charge in [0.1, 0.15) is 5.69 Å². The maximum atomic E-state index is 11.3. The van der Waals surface area contributed by atoms with E-state index in [0.717, 1.165) is 21.3 Å². The highest BCUT2D eigenvalue weighted by atomic mass is 79.9. The second-order valence-electron chi connectivity index (χ2n) is 6.06. The van der Waals surface area contributed by atoms with E-state index in [1.54, 1.807) is 18.3 Å². The Hall–Kier alpha value is -3.38. The fraction of sp³-hybridized carbons (Fsp3) is 0. The van der Waals surface area contributed by atoms with Crippen molar-refractivity contribution in [1.29, 1.82) is 0 Å². The van der Waals surface area contributed by atoms with Crippen molar-refractivity contribution in [3.05, 3.63) is 89.2 Å². The van der Waals surface area contributed by atoms with Gasteiger partial charge in [-0.1, -0.05) is 40.2 Å². The number of halogens is 1. The lowest BCUT2D eigenvalue weighted by atomic mass is 10.0. The molecule has 136 valence electrons. The Balaban J connectivity index is 1.90. The third-order valence-corrected chi connectivity index (χ3v) is 4.69. The predicted octanol–water partition coefficient (Wildman–Crippen LogP) is 5.33. The molecule has 4 rings (SSSR count). The predicted molar refractivity (Wildman–Crippen MR) is 111 cm³/mol. The second kappa shape index (κ2) is 7.70. The van der Waals surface area contributed by atoms with Crippen LogP contribution in [0.15, 0.2) is 83.5 Å². The van der Waals surface area contributed by atoms with E-state index in [0.29, 0.717) is 17.1 Å². The highest BCUT2D eigenvalue weighted by molar-refractivity contribution is 9.10. The van der Waals surface area contributed by atoms with Crippen LogP contribution in [0.5, 0.6) is 0 Å². The first-order valence-corrected chi connectivity index (χ1v) is 9.29. The summed E-state index contributed by atoms with van der Waals surface area (Å²) in [5.41, 5.74) is 4.45. The molecule has 0 atom stereocenters. The number of aromatic nitrogens is 3. The Kier molecular flexibility index (Phi) is 4.95. The molecule has 0 saturated heterocycles. The average Bonchev–Trinajstić information content (AvgIpc) is 2.74. The maximum absolute atomic E-state index is 11.3. The van der Waals surface area contributed by atoms with Gasteiger partial charge in [-0.25, -0.2) is 14.8 Å². The van der Waals surface area contributed by atoms with Crippen molar-refractivity contribution in [2.45, 2.75) is 0 Å². The highest BCUT2D eigenvalue weighted by Crippen LogP contribution is 2.29. The van der Waals surface area contributed by atoms with Crippen molar-refractivity contribution in [3.63, 3.8) is 0 Å². The summed E-state index contributed by atoms with van der Waals surface area (Å²) in [5.74, 6) is -1.07. The van der Waals surface area contributed by atoms with Gasteiger partial charge in [-0.15, -0.1) is 0 Å². The van der Waals surface area contributed by atoms with E-state index in [2.05, 4.69) is 25.9 Å². The number of pyridine rings is 3. The van der Waals surface area contributed by atoms with Crippen LogP contribution in [0.1, 0.15) is 10.5 Å². The lowest BCUT2D eigenvalue weighted by molar-refractivity contribution is 0.0690. The second-order valence-corrected chi connectivity index (χ2v) is 6.98. The molecule has 6 heteroatoms. The molecule has 0 aliphatic carbocycles. The summed E-state index contributed by atoms with van der Waals surface area (Å²) < 4.78 is 0.992. The van der Waals surface area contributed by atoms with Gasteiger partial charge < -0.3 is 5.11 Å². The van der Waals surface area contributed by atoms with Crippen molar-refractivity contribution in [1.82, 2.24) is 15.0 Å². The van der Waals surface area contributed by atoms with Gasteiger partial charge in [0.25, 0.3) is 0 Å². The van der Waals surface area contributed by atoms with Crippen LogP contribution in [0, 0.1) is 0 Å². The van der Waals surface area contributed by atoms with Crippen LogP contribution in [0.25, 0.3) is 33.9 Å². The Morgan fingerprint density at radius 1 is 0.750 bits per heavy atom. The minimum Gasteiger partial charge on any atom is -0.477 e. The molecule has 0 saturated carbocycles. The number of hydrogen-bond donors (Lipinski definition) is 1. The number of carboxylic acids is 1. The zero-order valence-corrected chi connectivity index (χ0v) is 16.2. The van der Waals surface area contributed by atoms with E-state index >= 15 is 0 Å². The SMILES string of the molecule is O=C(O)c1cccc(-c2cc(-c3ccc(Br)cc3)cc(-c3ccccn3)n2)n1. The molecule has 0 aliphatic rings. The Bertz CT molecular complexity index is 1150. The summed E-state index contributed by atoms with van der Waals surface area (Å²) in [5, 5.41) is 9.25. The third kappa shape index (κ3) is 3.82. The molecule has 0 fully saturated rings. The highest BCUT2D eigenvalue weighted by Gasteiger charge is 2.12. The summed E-state index contributed by atoms with van der Waals surface area (Å²) in [6.45, 7) is 0. The summed E-state index contributed by atoms with van der Waals surface area (Å²) in [6.07, 6.45) is 1.71. The van der Waals surface area contributed by atoms with Gasteiger partial charge in [-0.2, -0.15) is 0 Å². The van der Waals surface area contributed by atoms with E-state index in [9.17, 15) is 9.90 Å². The molecular formula is C22H14BrN3O2. The number of nitrogens with zero attached hydrogens (tertiary/aromatic N) is 3. The van der Waals surface area contributed by atoms with Crippen molar-refractivity contribution in [2.24, 2.45) is 0 Å². The lowest BCUT2D eigenvalue weighted by Crippen LogP contribution is -2.01. The van der Waals surface area contributed by atoms with Crippen LogP contribution in [0.4, 0.5) is 0 Å². The van der Waals surface area contributed by atoms with Gasteiger partial charge >= 0.3 is 5.97 Å². The van der Waals surface area contributed by atoms with E-state index in [4.69, 9.17) is 4.98 Å². The lowest BCUT2D eigenvalue weighted by Gasteiger charge is -2.10. The van der Waals surface area contributed by atoms with Gasteiger partial charge in [0.2, 0.25) is 0 Å². The monoisotopic (exact) mass is 431 g/mol. The fourth-order valence-electron chi connectivity index (χ4n) is 2.81. The van der Waals surface area contributed by atoms with Gasteiger partial charge in [0, 0.05) is 10.7 Å². The smallest absolute Gasteiger partial charge is 0.354 e. The Labute approximate surface area is 169 Å². The first-order valence-electron chi connectivity index (χ1n) is 8.50. The molecule has 4 aromatic rings. The molecule has 0 unspecified atom stereocenters. The van der Waals surface area contributed by atoms with Crippen LogP contribution in [0.3, 0.4) is 0 Å². The maximum Gasteiger partial charge on any atom is 0.354 e. The molecule has 3 heterocycles. The normalized spacial score (nSPS) is 10.6. The van der Waals surface area contributed by atoms with Crippen molar-refractivity contribution >= 4 is 21.9 Å². The molecule has 3 aromatic heterocycles. The van der Waals surface area contributed by atoms with E-state index < -0.39 is 5.97 Å². The van der Waals surface area contributed by atoms with Gasteiger partial charge in [-0.3, -0.25) is 4.98 Å². The third-order valence-electron chi connectivity index (χ3n) is 4.16. The molecule has 0 bridgehead atoms. The summed E-state index contributed by atoms with van der Waals surface area (Å²) in [7, 11) is 0. The zero-order chi connectivity index (χ0) is 19.5. The molecule has 0 radical (unpaired) electrons. The number of rotatable bonds is 4. The van der Waals surface area contributed by atoms with Crippen molar-refractivity contribution < 1.29 is 9.90 Å². The molecule has 1 aromatic carbocycles. The topological polar surface area (TPSA) is 76.0 Å². The first-order chi connectivity index (χ1) is 13.6. The summed E-state index contributed by atoms with van der Waals surface area (Å²) in [4.78, 5) is 24.6. The van der Waals surface area contributed by atoms with Crippen molar-refractivity contribution in [2.75, 3.05) is 0 Å². The van der Waals surface area contributed by atoms with Crippen LogP contribution >= 0.6 is 15.9 Å². The largest absolute Gasteiger partial charge is 0.477 e. The zero-order valence-electron chi connectivity index (χ0n) is 14.6. The van der Waals surface area contributed by atoms with Crippen LogP contribution in [-0.4, -0.2) is 26.0 Å². The fourth-order valence-corrected chi connectivity index (χ4v) is 3.08. The van der Waals surface area contributed by atoms with Crippen LogP contribution < -0.4 is 0 Å². The van der Waals surface area contributed by atoms with Gasteiger partial charge in [0.05, 0.1) is 22.8 Å². The molecule has 0 aliphatic heterocycles. The van der Waals surface area contributed by atoms with Gasteiger partial charge in [-0.05, 0) is 59.7 Å². The quantitative estimate of drug-likeness (QED) is 0.472. The minimum absolute atomic E-state index is 0.0206. The molecule has 28 heavy (non-hydrogen) atoms. The number of benzene rings is 1. The molecule has 0 amide bonds. The van der Waals surface area contributed by atoms with Crippen LogP contribution in [-0.2, 0) is 0 Å². The standard InChI is InChI=1S/C22H14BrN3O2/c23-16-9-7-14(8-10-16)15-12-20(17-4-1-2-11-24-17)26-21(13-15)18-5-3-6-19(25-18)22(27)28/h1-13H,(H,27,28). The van der Waals surface area contributed by atoms with Crippen LogP contribution in [0.2, 0.25) is 0 Å². The number of hydrogen-bond acceptors (Lipinski definition) is 4. The number of carboxylic acid groups (broad SMARTS) is 1. The number of carbonyl (C=O) groups is 1. The van der Waals surface area contributed by atoms with E-state index in [1.165, 1.54) is 6.07 Å². The minimum atomic E-state index is -1.07. The van der Waals surface area contributed by atoms with E-state index in [1.807, 2.05) is 54.6 Å². The molecule has 1 N–H and O–H groups in total. The molecule has 5 nitrogen and oxygen atoms in total. The summed E-state index contributed by atoms with van der Waals surface area (Å²) >= 11 is 3.45.